The molecule has 40 heavy (non-hydrogen) atoms. The van der Waals surface area contributed by atoms with Gasteiger partial charge in [0.1, 0.15) is 17.5 Å². The Balaban J connectivity index is 1.39. The number of likely N-dealkylation sites (tertiary alicyclic amines) is 1. The predicted octanol–water partition coefficient (Wildman–Crippen LogP) is 4.33. The van der Waals surface area contributed by atoms with E-state index in [2.05, 4.69) is 5.32 Å². The van der Waals surface area contributed by atoms with Crippen molar-refractivity contribution in [3.8, 4) is 0 Å². The van der Waals surface area contributed by atoms with E-state index in [1.165, 1.54) is 18.4 Å². The lowest BCUT2D eigenvalue weighted by Gasteiger charge is -2.43. The standard InChI is InChI=1S/C31H26ClN3O5/c1-18-5-2-3-6-23(18)30(38)33-25(12-21-17-40-27-10-9-22(32)13-24(27)29(21)37)31(39)34-14-19-11-20(16-34)26-7-4-8-28(36)35(26)15-19/h2-10,12-13,17,19-20H,11,14-16H2,1H3,(H,33,38)/b25-12-/t19-,20-/m1/s1. The molecular weight excluding hydrogens is 530 g/mol. The topological polar surface area (TPSA) is 102 Å². The number of fused-ring (bicyclic) bond motifs is 5. The third-order valence-electron chi connectivity index (χ3n) is 7.70. The van der Waals surface area contributed by atoms with Crippen molar-refractivity contribution in [2.24, 2.45) is 5.92 Å². The number of nitrogens with zero attached hydrogens (tertiary/aromatic N) is 2. The molecule has 0 spiro atoms. The molecule has 2 aliphatic rings. The number of carbonyl (C=O) groups is 2. The molecule has 2 aromatic carbocycles. The first kappa shape index (κ1) is 25.8. The molecule has 1 N–H and O–H groups in total. The third-order valence-corrected chi connectivity index (χ3v) is 7.93. The van der Waals surface area contributed by atoms with Crippen molar-refractivity contribution in [1.29, 1.82) is 0 Å². The first-order valence-electron chi connectivity index (χ1n) is 13.1. The van der Waals surface area contributed by atoms with E-state index in [4.69, 9.17) is 16.0 Å². The van der Waals surface area contributed by atoms with Gasteiger partial charge in [0.05, 0.1) is 10.9 Å². The lowest BCUT2D eigenvalue weighted by atomic mass is 9.83. The van der Waals surface area contributed by atoms with Crippen LogP contribution in [0.25, 0.3) is 17.0 Å². The van der Waals surface area contributed by atoms with Gasteiger partial charge in [-0.15, -0.1) is 0 Å². The summed E-state index contributed by atoms with van der Waals surface area (Å²) >= 11 is 6.11. The van der Waals surface area contributed by atoms with Crippen LogP contribution < -0.4 is 16.3 Å². The van der Waals surface area contributed by atoms with E-state index < -0.39 is 11.8 Å². The van der Waals surface area contributed by atoms with Gasteiger partial charge in [0.2, 0.25) is 0 Å². The summed E-state index contributed by atoms with van der Waals surface area (Å²) in [6.45, 7) is 3.15. The number of piperidine rings is 1. The van der Waals surface area contributed by atoms with E-state index in [0.29, 0.717) is 35.8 Å². The Bertz CT molecular complexity index is 1820. The van der Waals surface area contributed by atoms with Crippen LogP contribution in [0.2, 0.25) is 5.02 Å². The molecule has 6 rings (SSSR count). The fraction of sp³-hybridized carbons (Fsp3) is 0.226. The molecule has 4 aromatic rings. The second kappa shape index (κ2) is 10.3. The summed E-state index contributed by atoms with van der Waals surface area (Å²) in [5.74, 6) is -0.781. The van der Waals surface area contributed by atoms with Gasteiger partial charge in [-0.3, -0.25) is 19.2 Å². The van der Waals surface area contributed by atoms with E-state index in [1.54, 1.807) is 45.9 Å². The summed E-state index contributed by atoms with van der Waals surface area (Å²) in [7, 11) is 0. The summed E-state index contributed by atoms with van der Waals surface area (Å²) in [6.07, 6.45) is 3.52. The lowest BCUT2D eigenvalue weighted by Crippen LogP contribution is -2.50. The number of aromatic nitrogens is 1. The van der Waals surface area contributed by atoms with Crippen LogP contribution in [-0.4, -0.2) is 34.4 Å². The van der Waals surface area contributed by atoms with Gasteiger partial charge in [-0.25, -0.2) is 0 Å². The highest BCUT2D eigenvalue weighted by Crippen LogP contribution is 2.35. The normalized spacial score (nSPS) is 18.4. The number of carbonyl (C=O) groups excluding carboxylic acids is 2. The molecule has 0 saturated carbocycles. The molecule has 4 heterocycles. The number of hydrogen-bond donors (Lipinski definition) is 1. The number of halogens is 1. The molecular formula is C31H26ClN3O5. The Morgan fingerprint density at radius 1 is 1.02 bits per heavy atom. The number of amides is 2. The minimum atomic E-state index is -0.458. The maximum absolute atomic E-state index is 14.0. The Morgan fingerprint density at radius 3 is 2.67 bits per heavy atom. The highest BCUT2D eigenvalue weighted by Gasteiger charge is 2.37. The van der Waals surface area contributed by atoms with Gasteiger partial charge < -0.3 is 19.2 Å². The first-order chi connectivity index (χ1) is 19.3. The zero-order valence-electron chi connectivity index (χ0n) is 21.7. The summed E-state index contributed by atoms with van der Waals surface area (Å²) in [5.41, 5.74) is 2.10. The molecule has 0 radical (unpaired) electrons. The van der Waals surface area contributed by atoms with Crippen LogP contribution in [0.1, 0.15) is 39.5 Å². The van der Waals surface area contributed by atoms with E-state index >= 15 is 0 Å². The minimum Gasteiger partial charge on any atom is -0.463 e. The molecule has 2 atom stereocenters. The maximum atomic E-state index is 14.0. The van der Waals surface area contributed by atoms with Gasteiger partial charge in [0, 0.05) is 47.9 Å². The Hall–Kier alpha value is -4.43. The third kappa shape index (κ3) is 4.75. The van der Waals surface area contributed by atoms with Crippen molar-refractivity contribution >= 4 is 40.5 Å². The van der Waals surface area contributed by atoms with Crippen LogP contribution >= 0.6 is 11.6 Å². The van der Waals surface area contributed by atoms with Crippen molar-refractivity contribution in [1.82, 2.24) is 14.8 Å². The van der Waals surface area contributed by atoms with Gasteiger partial charge in [-0.1, -0.05) is 35.9 Å². The Morgan fingerprint density at radius 2 is 1.85 bits per heavy atom. The first-order valence-corrected chi connectivity index (χ1v) is 13.4. The summed E-state index contributed by atoms with van der Waals surface area (Å²) in [5, 5.41) is 3.42. The van der Waals surface area contributed by atoms with Crippen LogP contribution in [0.5, 0.6) is 0 Å². The van der Waals surface area contributed by atoms with E-state index in [9.17, 15) is 19.2 Å². The smallest absolute Gasteiger partial charge is 0.270 e. The highest BCUT2D eigenvalue weighted by molar-refractivity contribution is 6.31. The fourth-order valence-corrected chi connectivity index (χ4v) is 5.95. The molecule has 202 valence electrons. The van der Waals surface area contributed by atoms with Crippen molar-refractivity contribution in [3.05, 3.63) is 121 Å². The average molecular weight is 556 g/mol. The molecule has 9 heteroatoms. The van der Waals surface area contributed by atoms with Crippen LogP contribution in [0.15, 0.2) is 86.6 Å². The van der Waals surface area contributed by atoms with Crippen LogP contribution in [0.3, 0.4) is 0 Å². The fourth-order valence-electron chi connectivity index (χ4n) is 5.77. The molecule has 2 amide bonds. The van der Waals surface area contributed by atoms with E-state index in [0.717, 1.165) is 17.7 Å². The van der Waals surface area contributed by atoms with Crippen LogP contribution in [0.4, 0.5) is 0 Å². The molecule has 2 aliphatic heterocycles. The maximum Gasteiger partial charge on any atom is 0.270 e. The monoisotopic (exact) mass is 555 g/mol. The Labute approximate surface area is 234 Å². The second-order valence-corrected chi connectivity index (χ2v) is 10.8. The molecule has 0 aliphatic carbocycles. The lowest BCUT2D eigenvalue weighted by molar-refractivity contribution is -0.130. The quantitative estimate of drug-likeness (QED) is 0.378. The number of benzene rings is 2. The molecule has 8 nitrogen and oxygen atoms in total. The number of hydrogen-bond acceptors (Lipinski definition) is 5. The largest absolute Gasteiger partial charge is 0.463 e. The van der Waals surface area contributed by atoms with Gasteiger partial charge in [-0.05, 0) is 61.2 Å². The van der Waals surface area contributed by atoms with Crippen molar-refractivity contribution < 1.29 is 14.0 Å². The highest BCUT2D eigenvalue weighted by atomic mass is 35.5. The summed E-state index contributed by atoms with van der Waals surface area (Å²) in [4.78, 5) is 54.8. The second-order valence-electron chi connectivity index (χ2n) is 10.4. The molecule has 0 unspecified atom stereocenters. The molecule has 2 bridgehead atoms. The van der Waals surface area contributed by atoms with Crippen LogP contribution in [0, 0.1) is 12.8 Å². The minimum absolute atomic E-state index is 0.00782. The van der Waals surface area contributed by atoms with Crippen molar-refractivity contribution in [2.45, 2.75) is 25.8 Å². The SMILES string of the molecule is Cc1ccccc1C(=O)N/C(=C\c1coc2ccc(Cl)cc2c1=O)C(=O)N1C[C@H]2C[C@H](C1)c1cccc(=O)n1C2. The van der Waals surface area contributed by atoms with Gasteiger partial charge in [-0.2, -0.15) is 0 Å². The van der Waals surface area contributed by atoms with Crippen LogP contribution in [-0.2, 0) is 11.3 Å². The summed E-state index contributed by atoms with van der Waals surface area (Å²) in [6, 6.07) is 17.0. The zero-order chi connectivity index (χ0) is 28.0. The molecule has 1 fully saturated rings. The molecule has 2 aromatic heterocycles. The van der Waals surface area contributed by atoms with Gasteiger partial charge >= 0.3 is 0 Å². The number of pyridine rings is 1. The van der Waals surface area contributed by atoms with Gasteiger partial charge in [0.15, 0.2) is 5.43 Å². The van der Waals surface area contributed by atoms with Crippen molar-refractivity contribution in [2.75, 3.05) is 13.1 Å². The Kier molecular flexibility index (Phi) is 6.64. The van der Waals surface area contributed by atoms with Crippen molar-refractivity contribution in [3.63, 3.8) is 0 Å². The van der Waals surface area contributed by atoms with E-state index in [-0.39, 0.29) is 39.5 Å². The number of nitrogens with one attached hydrogen (secondary N) is 1. The molecule has 1 saturated heterocycles. The van der Waals surface area contributed by atoms with Gasteiger partial charge in [0.25, 0.3) is 17.4 Å². The number of rotatable bonds is 4. The van der Waals surface area contributed by atoms with E-state index in [1.807, 2.05) is 25.1 Å². The zero-order valence-corrected chi connectivity index (χ0v) is 22.5. The predicted molar refractivity (Wildman–Crippen MR) is 152 cm³/mol. The number of aryl methyl sites for hydroxylation is 1. The average Bonchev–Trinajstić information content (AvgIpc) is 2.94. The summed E-state index contributed by atoms with van der Waals surface area (Å²) < 4.78 is 7.45.